The van der Waals surface area contributed by atoms with Crippen molar-refractivity contribution in [2.24, 2.45) is 5.92 Å². The number of alkyl halides is 2. The first-order valence-corrected chi connectivity index (χ1v) is 6.84. The summed E-state index contributed by atoms with van der Waals surface area (Å²) in [6.45, 7) is 1.91. The Morgan fingerprint density at radius 1 is 1.50 bits per heavy atom. The Hall–Kier alpha value is -0.770. The fourth-order valence-corrected chi connectivity index (χ4v) is 2.66. The zero-order valence-electron chi connectivity index (χ0n) is 10.2. The zero-order valence-corrected chi connectivity index (χ0v) is 11.8. The zero-order chi connectivity index (χ0) is 13.3. The largest absolute Gasteiger partial charge is 0.294 e. The molecule has 0 amide bonds. The van der Waals surface area contributed by atoms with Crippen LogP contribution >= 0.6 is 15.9 Å². The second-order valence-electron chi connectivity index (χ2n) is 5.06. The molecule has 1 aliphatic carbocycles. The Balaban J connectivity index is 2.02. The number of carbonyl (C=O) groups excluding carboxylic acids is 1. The van der Waals surface area contributed by atoms with Crippen molar-refractivity contribution >= 4 is 21.7 Å². The van der Waals surface area contributed by atoms with Crippen LogP contribution in [0.3, 0.4) is 0 Å². The predicted molar refractivity (Wildman–Crippen MR) is 70.1 cm³/mol. The van der Waals surface area contributed by atoms with Crippen molar-refractivity contribution in [3.63, 3.8) is 0 Å². The molecule has 0 radical (unpaired) electrons. The number of hydrogen-bond donors (Lipinski definition) is 0. The van der Waals surface area contributed by atoms with Gasteiger partial charge in [-0.1, -0.05) is 22.0 Å². The van der Waals surface area contributed by atoms with Crippen LogP contribution in [0.5, 0.6) is 0 Å². The van der Waals surface area contributed by atoms with Gasteiger partial charge in [0.25, 0.3) is 0 Å². The molecule has 1 saturated carbocycles. The van der Waals surface area contributed by atoms with Gasteiger partial charge < -0.3 is 0 Å². The molecule has 1 aromatic rings. The van der Waals surface area contributed by atoms with Gasteiger partial charge in [0.1, 0.15) is 0 Å². The number of halogens is 3. The van der Waals surface area contributed by atoms with Gasteiger partial charge in [-0.3, -0.25) is 4.79 Å². The molecule has 0 aliphatic heterocycles. The van der Waals surface area contributed by atoms with Crippen molar-refractivity contribution in [1.29, 1.82) is 0 Å². The molecule has 0 spiro atoms. The minimum absolute atomic E-state index is 0.0340. The molecular weight excluding hydrogens is 302 g/mol. The van der Waals surface area contributed by atoms with Gasteiger partial charge in [-0.2, -0.15) is 0 Å². The van der Waals surface area contributed by atoms with Gasteiger partial charge in [0.2, 0.25) is 5.92 Å². The Bertz CT molecular complexity index is 471. The van der Waals surface area contributed by atoms with Crippen molar-refractivity contribution in [2.75, 3.05) is 0 Å². The lowest BCUT2D eigenvalue weighted by molar-refractivity contribution is 0.00497. The Morgan fingerprint density at radius 2 is 2.22 bits per heavy atom. The van der Waals surface area contributed by atoms with Crippen molar-refractivity contribution in [3.05, 3.63) is 33.8 Å². The van der Waals surface area contributed by atoms with Crippen LogP contribution in [-0.2, 0) is 0 Å². The van der Waals surface area contributed by atoms with E-state index in [1.807, 2.05) is 13.0 Å². The third kappa shape index (κ3) is 3.16. The molecule has 4 heteroatoms. The van der Waals surface area contributed by atoms with E-state index < -0.39 is 5.92 Å². The molecular formula is C14H15BrF2O. The third-order valence-corrected chi connectivity index (χ3v) is 4.35. The summed E-state index contributed by atoms with van der Waals surface area (Å²) < 4.78 is 27.0. The smallest absolute Gasteiger partial charge is 0.248 e. The molecule has 1 aliphatic rings. The lowest BCUT2D eigenvalue weighted by Gasteiger charge is -2.10. The van der Waals surface area contributed by atoms with E-state index >= 15 is 0 Å². The van der Waals surface area contributed by atoms with Crippen molar-refractivity contribution < 1.29 is 13.6 Å². The summed E-state index contributed by atoms with van der Waals surface area (Å²) in [5.74, 6) is -2.77. The number of hydrogen-bond acceptors (Lipinski definition) is 1. The van der Waals surface area contributed by atoms with Crippen molar-refractivity contribution in [3.8, 4) is 0 Å². The van der Waals surface area contributed by atoms with Crippen LogP contribution in [0.25, 0.3) is 0 Å². The molecule has 18 heavy (non-hydrogen) atoms. The Kier molecular flexibility index (Phi) is 3.85. The monoisotopic (exact) mass is 316 g/mol. The first-order chi connectivity index (χ1) is 8.37. The molecule has 0 saturated heterocycles. The van der Waals surface area contributed by atoms with E-state index in [-0.39, 0.29) is 31.0 Å². The molecule has 1 unspecified atom stereocenters. The van der Waals surface area contributed by atoms with Gasteiger partial charge >= 0.3 is 0 Å². The summed E-state index contributed by atoms with van der Waals surface area (Å²) in [6, 6.07) is 5.37. The minimum Gasteiger partial charge on any atom is -0.294 e. The molecule has 1 aromatic carbocycles. The van der Waals surface area contributed by atoms with Gasteiger partial charge in [0.15, 0.2) is 5.78 Å². The quantitative estimate of drug-likeness (QED) is 0.734. The van der Waals surface area contributed by atoms with Crippen LogP contribution in [0.4, 0.5) is 8.78 Å². The highest BCUT2D eigenvalue weighted by molar-refractivity contribution is 9.10. The van der Waals surface area contributed by atoms with Gasteiger partial charge in [0, 0.05) is 29.3 Å². The normalized spacial score (nSPS) is 22.1. The summed E-state index contributed by atoms with van der Waals surface area (Å²) in [5, 5.41) is 0. The molecule has 0 heterocycles. The van der Waals surface area contributed by atoms with E-state index in [9.17, 15) is 13.6 Å². The van der Waals surface area contributed by atoms with Gasteiger partial charge in [-0.25, -0.2) is 8.78 Å². The summed E-state index contributed by atoms with van der Waals surface area (Å²) >= 11 is 3.37. The minimum atomic E-state index is -2.57. The summed E-state index contributed by atoms with van der Waals surface area (Å²) in [7, 11) is 0. The van der Waals surface area contributed by atoms with Crippen LogP contribution < -0.4 is 0 Å². The number of ketones is 1. The molecule has 0 N–H and O–H groups in total. The number of aryl methyl sites for hydroxylation is 1. The SMILES string of the molecule is Cc1cc(C(=O)CC2CCC(F)(F)C2)ccc1Br. The number of Topliss-reactive ketones (excluding diaryl/α,β-unsaturated/α-hetero) is 1. The molecule has 98 valence electrons. The van der Waals surface area contributed by atoms with Gasteiger partial charge in [-0.05, 0) is 37.0 Å². The summed E-state index contributed by atoms with van der Waals surface area (Å²) in [6.07, 6.45) is 0.462. The highest BCUT2D eigenvalue weighted by Gasteiger charge is 2.39. The maximum Gasteiger partial charge on any atom is 0.248 e. The standard InChI is InChI=1S/C14H15BrF2O/c1-9-6-11(2-3-12(9)15)13(18)7-10-4-5-14(16,17)8-10/h2-3,6,10H,4-5,7-8H2,1H3. The molecule has 1 atom stereocenters. The van der Waals surface area contributed by atoms with E-state index in [1.165, 1.54) is 0 Å². The van der Waals surface area contributed by atoms with E-state index in [0.29, 0.717) is 12.0 Å². The maximum atomic E-state index is 13.0. The van der Waals surface area contributed by atoms with E-state index in [2.05, 4.69) is 15.9 Å². The van der Waals surface area contributed by atoms with E-state index in [0.717, 1.165) is 10.0 Å². The molecule has 2 rings (SSSR count). The second-order valence-corrected chi connectivity index (χ2v) is 5.91. The van der Waals surface area contributed by atoms with E-state index in [4.69, 9.17) is 0 Å². The van der Waals surface area contributed by atoms with Crippen LogP contribution in [0.1, 0.15) is 41.6 Å². The molecule has 0 bridgehead atoms. The topological polar surface area (TPSA) is 17.1 Å². The van der Waals surface area contributed by atoms with Crippen molar-refractivity contribution in [1.82, 2.24) is 0 Å². The molecule has 0 aromatic heterocycles. The van der Waals surface area contributed by atoms with Crippen molar-refractivity contribution in [2.45, 2.75) is 38.5 Å². The average molecular weight is 317 g/mol. The van der Waals surface area contributed by atoms with E-state index in [1.54, 1.807) is 12.1 Å². The lowest BCUT2D eigenvalue weighted by Crippen LogP contribution is -2.12. The lowest BCUT2D eigenvalue weighted by atomic mass is 9.96. The Labute approximate surface area is 114 Å². The molecule has 1 fully saturated rings. The van der Waals surface area contributed by atoms with Gasteiger partial charge in [-0.15, -0.1) is 0 Å². The highest BCUT2D eigenvalue weighted by Crippen LogP contribution is 2.40. The first-order valence-electron chi connectivity index (χ1n) is 6.04. The first kappa shape index (κ1) is 13.7. The fourth-order valence-electron chi connectivity index (χ4n) is 2.41. The summed E-state index contributed by atoms with van der Waals surface area (Å²) in [4.78, 5) is 12.0. The number of rotatable bonds is 3. The maximum absolute atomic E-state index is 13.0. The third-order valence-electron chi connectivity index (χ3n) is 3.46. The Morgan fingerprint density at radius 3 is 2.78 bits per heavy atom. The summed E-state index contributed by atoms with van der Waals surface area (Å²) in [5.41, 5.74) is 1.60. The highest BCUT2D eigenvalue weighted by atomic mass is 79.9. The van der Waals surface area contributed by atoms with Gasteiger partial charge in [0.05, 0.1) is 0 Å². The fraction of sp³-hybridized carbons (Fsp3) is 0.500. The van der Waals surface area contributed by atoms with Crippen LogP contribution in [0, 0.1) is 12.8 Å². The van der Waals surface area contributed by atoms with Crippen LogP contribution in [-0.4, -0.2) is 11.7 Å². The number of benzene rings is 1. The predicted octanol–water partition coefficient (Wildman–Crippen LogP) is 4.77. The average Bonchev–Trinajstić information content (AvgIpc) is 2.62. The molecule has 1 nitrogen and oxygen atoms in total. The number of carbonyl (C=O) groups is 1. The van der Waals surface area contributed by atoms with Crippen LogP contribution in [0.2, 0.25) is 0 Å². The van der Waals surface area contributed by atoms with Crippen LogP contribution in [0.15, 0.2) is 22.7 Å². The second kappa shape index (κ2) is 5.08.